The summed E-state index contributed by atoms with van der Waals surface area (Å²) < 4.78 is 31.8. The fraction of sp³-hybridized carbons (Fsp3) is 0.304. The maximum atomic E-state index is 15.1. The third kappa shape index (κ3) is 2.49. The highest BCUT2D eigenvalue weighted by Gasteiger charge is 2.55. The number of urea groups is 1. The van der Waals surface area contributed by atoms with Crippen LogP contribution in [0.1, 0.15) is 30.9 Å². The highest BCUT2D eigenvalue weighted by atomic mass is 19.3. The van der Waals surface area contributed by atoms with E-state index in [0.29, 0.717) is 5.52 Å². The molecular formula is C23H18F2N4O2. The lowest BCUT2D eigenvalue weighted by Gasteiger charge is -2.40. The molecule has 2 aromatic carbocycles. The average molecular weight is 420 g/mol. The van der Waals surface area contributed by atoms with E-state index in [0.717, 1.165) is 42.0 Å². The van der Waals surface area contributed by atoms with Crippen molar-refractivity contribution in [2.75, 3.05) is 5.32 Å². The van der Waals surface area contributed by atoms with Crippen molar-refractivity contribution in [2.24, 2.45) is 5.92 Å². The molecule has 0 unspecified atom stereocenters. The molecule has 2 amide bonds. The van der Waals surface area contributed by atoms with E-state index in [-0.39, 0.29) is 29.4 Å². The van der Waals surface area contributed by atoms with Gasteiger partial charge in [-0.1, -0.05) is 24.0 Å². The number of aromatic nitrogens is 2. The smallest absolute Gasteiger partial charge is 0.312 e. The summed E-state index contributed by atoms with van der Waals surface area (Å²) in [6.07, 6.45) is 1.77. The van der Waals surface area contributed by atoms with Crippen LogP contribution >= 0.6 is 0 Å². The third-order valence-electron chi connectivity index (χ3n) is 6.31. The third-order valence-corrected chi connectivity index (χ3v) is 6.31. The minimum Gasteiger partial charge on any atom is -0.312 e. The second-order valence-corrected chi connectivity index (χ2v) is 8.53. The van der Waals surface area contributed by atoms with Gasteiger partial charge in [0.05, 0.1) is 17.6 Å². The Kier molecular flexibility index (Phi) is 3.38. The summed E-state index contributed by atoms with van der Waals surface area (Å²) in [6, 6.07) is 8.15. The summed E-state index contributed by atoms with van der Waals surface area (Å²) in [6.45, 7) is 1.07. The Balaban J connectivity index is 1.65. The molecule has 6 nitrogen and oxygen atoms in total. The molecule has 31 heavy (non-hydrogen) atoms. The van der Waals surface area contributed by atoms with Gasteiger partial charge in [0.15, 0.2) is 5.54 Å². The number of nitrogens with zero attached hydrogens (tertiary/aromatic N) is 1. The highest BCUT2D eigenvalue weighted by molar-refractivity contribution is 5.99. The lowest BCUT2D eigenvalue weighted by atomic mass is 9.79. The molecule has 3 aromatic rings. The molecule has 1 saturated carbocycles. The van der Waals surface area contributed by atoms with Gasteiger partial charge < -0.3 is 15.6 Å². The maximum Gasteiger partial charge on any atom is 0.326 e. The molecule has 2 aliphatic heterocycles. The van der Waals surface area contributed by atoms with Crippen LogP contribution in [-0.4, -0.2) is 21.5 Å². The Bertz CT molecular complexity index is 1420. The van der Waals surface area contributed by atoms with Crippen LogP contribution in [0.4, 0.5) is 19.3 Å². The molecule has 1 fully saturated rings. The minimum absolute atomic E-state index is 0.0927. The van der Waals surface area contributed by atoms with Crippen molar-refractivity contribution in [2.45, 2.75) is 37.8 Å². The molecule has 3 aliphatic rings. The SMILES string of the molecule is CC(F)(F)[C@@]1(C#CC2CC2)NC(=O)Nc2cc3c(cc21)-c1cccc2[nH]c(=O)n(c12)C3. The Hall–Kier alpha value is -3.60. The molecule has 1 aromatic heterocycles. The summed E-state index contributed by atoms with van der Waals surface area (Å²) in [4.78, 5) is 27.6. The Morgan fingerprint density at radius 2 is 2.00 bits per heavy atom. The topological polar surface area (TPSA) is 78.9 Å². The molecule has 8 heteroatoms. The molecule has 0 spiro atoms. The molecule has 6 rings (SSSR count). The second-order valence-electron chi connectivity index (χ2n) is 8.53. The Morgan fingerprint density at radius 1 is 1.19 bits per heavy atom. The first-order chi connectivity index (χ1) is 14.8. The first kappa shape index (κ1) is 18.2. The number of hydrogen-bond acceptors (Lipinski definition) is 2. The number of rotatable bonds is 1. The van der Waals surface area contributed by atoms with Gasteiger partial charge in [0.25, 0.3) is 5.92 Å². The van der Waals surface area contributed by atoms with Crippen LogP contribution in [0.5, 0.6) is 0 Å². The highest BCUT2D eigenvalue weighted by Crippen LogP contribution is 2.47. The van der Waals surface area contributed by atoms with E-state index in [1.54, 1.807) is 16.7 Å². The van der Waals surface area contributed by atoms with Crippen LogP contribution in [0.3, 0.4) is 0 Å². The van der Waals surface area contributed by atoms with Crippen LogP contribution in [0.15, 0.2) is 35.1 Å². The number of imidazole rings is 1. The molecule has 0 bridgehead atoms. The van der Waals surface area contributed by atoms with Gasteiger partial charge in [0, 0.05) is 29.7 Å². The van der Waals surface area contributed by atoms with E-state index in [1.807, 2.05) is 18.2 Å². The molecular weight excluding hydrogens is 402 g/mol. The van der Waals surface area contributed by atoms with E-state index < -0.39 is 17.5 Å². The molecule has 1 aliphatic carbocycles. The number of carbonyl (C=O) groups excluding carboxylic acids is 1. The number of fused-ring (bicyclic) bond motifs is 3. The molecule has 3 N–H and O–H groups in total. The van der Waals surface area contributed by atoms with Gasteiger partial charge in [-0.05, 0) is 42.2 Å². The average Bonchev–Trinajstić information content (AvgIpc) is 3.48. The molecule has 1 atom stereocenters. The standard InChI is InChI=1S/C23H18F2N4O2/c1-22(24,25)23(8-7-12-5-6-12)16-10-15-13(9-18(16)26-20(30)28-23)11-29-19-14(15)3-2-4-17(19)27-21(29)31/h2-4,9-10,12H,5-6,11H2,1H3,(H,27,31)(H2,26,28,30)/t23-/m0/s1. The van der Waals surface area contributed by atoms with Gasteiger partial charge >= 0.3 is 11.7 Å². The quantitative estimate of drug-likeness (QED) is 0.410. The zero-order valence-corrected chi connectivity index (χ0v) is 16.6. The van der Waals surface area contributed by atoms with Gasteiger partial charge in [-0.25, -0.2) is 18.4 Å². The Labute approximate surface area is 175 Å². The molecule has 156 valence electrons. The van der Waals surface area contributed by atoms with E-state index in [1.165, 1.54) is 0 Å². The van der Waals surface area contributed by atoms with Crippen LogP contribution in [0.2, 0.25) is 0 Å². The van der Waals surface area contributed by atoms with Crippen molar-refractivity contribution in [3.05, 3.63) is 51.9 Å². The summed E-state index contributed by atoms with van der Waals surface area (Å²) in [5, 5.41) is 5.08. The fourth-order valence-corrected chi connectivity index (χ4v) is 4.58. The van der Waals surface area contributed by atoms with Crippen molar-refractivity contribution in [1.82, 2.24) is 14.9 Å². The number of carbonyl (C=O) groups is 1. The zero-order valence-electron chi connectivity index (χ0n) is 16.6. The van der Waals surface area contributed by atoms with Gasteiger partial charge in [-0.15, -0.1) is 0 Å². The number of alkyl halides is 2. The van der Waals surface area contributed by atoms with E-state index in [9.17, 15) is 9.59 Å². The van der Waals surface area contributed by atoms with Crippen LogP contribution in [0.25, 0.3) is 22.2 Å². The summed E-state index contributed by atoms with van der Waals surface area (Å²) in [7, 11) is 0. The number of hydrogen-bond donors (Lipinski definition) is 3. The summed E-state index contributed by atoms with van der Waals surface area (Å²) in [5.41, 5.74) is 1.88. The predicted octanol–water partition coefficient (Wildman–Crippen LogP) is 3.76. The number of benzene rings is 2. The number of para-hydroxylation sites is 1. The van der Waals surface area contributed by atoms with E-state index in [2.05, 4.69) is 27.5 Å². The largest absolute Gasteiger partial charge is 0.326 e. The van der Waals surface area contributed by atoms with Gasteiger partial charge in [0.1, 0.15) is 0 Å². The monoisotopic (exact) mass is 420 g/mol. The first-order valence-electron chi connectivity index (χ1n) is 10.2. The molecule has 0 radical (unpaired) electrons. The normalized spacial score (nSPS) is 21.5. The van der Waals surface area contributed by atoms with Crippen molar-refractivity contribution in [3.63, 3.8) is 0 Å². The summed E-state index contributed by atoms with van der Waals surface area (Å²) in [5.74, 6) is 2.44. The number of amides is 2. The van der Waals surface area contributed by atoms with E-state index >= 15 is 8.78 Å². The van der Waals surface area contributed by atoms with Gasteiger partial charge in [0.2, 0.25) is 0 Å². The lowest BCUT2D eigenvalue weighted by Crippen LogP contribution is -2.59. The van der Waals surface area contributed by atoms with Crippen LogP contribution < -0.4 is 16.3 Å². The summed E-state index contributed by atoms with van der Waals surface area (Å²) >= 11 is 0. The predicted molar refractivity (Wildman–Crippen MR) is 112 cm³/mol. The molecule has 0 saturated heterocycles. The van der Waals surface area contributed by atoms with E-state index in [4.69, 9.17) is 0 Å². The number of H-pyrrole nitrogens is 1. The number of nitrogens with one attached hydrogen (secondary N) is 3. The van der Waals surface area contributed by atoms with Gasteiger partial charge in [-0.2, -0.15) is 0 Å². The molecule has 3 heterocycles. The maximum absolute atomic E-state index is 15.1. The number of aromatic amines is 1. The Morgan fingerprint density at radius 3 is 2.74 bits per heavy atom. The van der Waals surface area contributed by atoms with Crippen molar-refractivity contribution >= 4 is 22.8 Å². The van der Waals surface area contributed by atoms with Crippen molar-refractivity contribution in [3.8, 4) is 23.0 Å². The first-order valence-corrected chi connectivity index (χ1v) is 10.2. The van der Waals surface area contributed by atoms with Crippen molar-refractivity contribution < 1.29 is 13.6 Å². The zero-order chi connectivity index (χ0) is 21.5. The second kappa shape index (κ2) is 5.76. The van der Waals surface area contributed by atoms with Crippen LogP contribution in [0, 0.1) is 17.8 Å². The van der Waals surface area contributed by atoms with Gasteiger partial charge in [-0.3, -0.25) is 4.57 Å². The lowest BCUT2D eigenvalue weighted by molar-refractivity contribution is -0.0464. The fourth-order valence-electron chi connectivity index (χ4n) is 4.58. The van der Waals surface area contributed by atoms with Crippen molar-refractivity contribution in [1.29, 1.82) is 0 Å². The number of halogens is 2. The number of anilines is 1. The van der Waals surface area contributed by atoms with Crippen LogP contribution in [-0.2, 0) is 12.1 Å². The minimum atomic E-state index is -3.33.